The van der Waals surface area contributed by atoms with Crippen LogP contribution in [0.2, 0.25) is 5.02 Å². The Morgan fingerprint density at radius 2 is 2.18 bits per heavy atom. The van der Waals surface area contributed by atoms with E-state index in [0.29, 0.717) is 5.02 Å². The highest BCUT2D eigenvalue weighted by Gasteiger charge is 2.07. The molecule has 0 unspecified atom stereocenters. The average Bonchev–Trinajstić information content (AvgIpc) is 1.85. The van der Waals surface area contributed by atoms with Gasteiger partial charge in [0.15, 0.2) is 0 Å². The van der Waals surface area contributed by atoms with Crippen molar-refractivity contribution in [2.24, 2.45) is 0 Å². The van der Waals surface area contributed by atoms with Gasteiger partial charge in [-0.3, -0.25) is 10.1 Å². The summed E-state index contributed by atoms with van der Waals surface area (Å²) < 4.78 is 0. The molecule has 1 aromatic rings. The molecule has 0 fully saturated rings. The van der Waals surface area contributed by atoms with Crippen LogP contribution in [0.5, 0.6) is 0 Å². The summed E-state index contributed by atoms with van der Waals surface area (Å²) in [6.45, 7) is 0. The van der Waals surface area contributed by atoms with Gasteiger partial charge >= 0.3 is 0 Å². The molecule has 0 aromatic heterocycles. The number of benzene rings is 1. The minimum absolute atomic E-state index is 0.0856. The molecule has 2 radical (unpaired) electrons. The standard InChI is InChI=1S/C6H3BClNO2/c7-5-3-4(8)1-2-6(5)9(10)11/h1-3H. The van der Waals surface area contributed by atoms with Crippen molar-refractivity contribution in [3.8, 4) is 0 Å². The summed E-state index contributed by atoms with van der Waals surface area (Å²) in [5.74, 6) is 0. The predicted octanol–water partition coefficient (Wildman–Crippen LogP) is 1.04. The summed E-state index contributed by atoms with van der Waals surface area (Å²) in [7, 11) is 5.30. The van der Waals surface area contributed by atoms with Crippen molar-refractivity contribution in [2.75, 3.05) is 0 Å². The number of nitro benzene ring substituents is 1. The molecule has 5 heteroatoms. The largest absolute Gasteiger partial charge is 0.262 e. The molecule has 0 saturated carbocycles. The molecule has 3 nitrogen and oxygen atoms in total. The molecule has 0 spiro atoms. The molecule has 0 saturated heterocycles. The third kappa shape index (κ3) is 1.71. The van der Waals surface area contributed by atoms with Gasteiger partial charge in [0.25, 0.3) is 5.69 Å². The Morgan fingerprint density at radius 1 is 1.55 bits per heavy atom. The van der Waals surface area contributed by atoms with Crippen LogP contribution in [0, 0.1) is 10.1 Å². The number of nitrogens with zero attached hydrogens (tertiary/aromatic N) is 1. The van der Waals surface area contributed by atoms with Crippen molar-refractivity contribution in [3.63, 3.8) is 0 Å². The second kappa shape index (κ2) is 2.92. The summed E-state index contributed by atoms with van der Waals surface area (Å²) in [4.78, 5) is 9.67. The summed E-state index contributed by atoms with van der Waals surface area (Å²) >= 11 is 5.52. The van der Waals surface area contributed by atoms with Gasteiger partial charge in [0.1, 0.15) is 7.85 Å². The molecule has 0 aliphatic rings. The van der Waals surface area contributed by atoms with Crippen molar-refractivity contribution >= 4 is 30.6 Å². The Kier molecular flexibility index (Phi) is 2.15. The first-order valence-corrected chi connectivity index (χ1v) is 3.18. The van der Waals surface area contributed by atoms with E-state index in [-0.39, 0.29) is 11.2 Å². The second-order valence-corrected chi connectivity index (χ2v) is 2.40. The van der Waals surface area contributed by atoms with E-state index in [1.165, 1.54) is 18.2 Å². The first-order valence-electron chi connectivity index (χ1n) is 2.80. The molecular formula is C6H3BClNO2. The Bertz CT molecular complexity index is 303. The van der Waals surface area contributed by atoms with E-state index in [0.717, 1.165) is 0 Å². The van der Waals surface area contributed by atoms with Gasteiger partial charge in [-0.2, -0.15) is 0 Å². The van der Waals surface area contributed by atoms with Crippen LogP contribution in [0.25, 0.3) is 0 Å². The number of hydrogen-bond acceptors (Lipinski definition) is 2. The third-order valence-corrected chi connectivity index (χ3v) is 1.42. The summed E-state index contributed by atoms with van der Waals surface area (Å²) in [5.41, 5.74) is -0.0306. The molecule has 0 aliphatic carbocycles. The fraction of sp³-hybridized carbons (Fsp3) is 0. The quantitative estimate of drug-likeness (QED) is 0.356. The van der Waals surface area contributed by atoms with Gasteiger partial charge in [0.05, 0.1) is 4.92 Å². The topological polar surface area (TPSA) is 43.1 Å². The minimum Gasteiger partial charge on any atom is -0.258 e. The molecule has 1 aromatic carbocycles. The zero-order valence-electron chi connectivity index (χ0n) is 5.45. The lowest BCUT2D eigenvalue weighted by Gasteiger charge is -1.95. The van der Waals surface area contributed by atoms with Crippen molar-refractivity contribution in [1.82, 2.24) is 0 Å². The van der Waals surface area contributed by atoms with Crippen LogP contribution in [-0.4, -0.2) is 12.8 Å². The van der Waals surface area contributed by atoms with Crippen LogP contribution in [0.15, 0.2) is 18.2 Å². The fourth-order valence-electron chi connectivity index (χ4n) is 0.692. The summed E-state index contributed by atoms with van der Waals surface area (Å²) in [6, 6.07) is 4.05. The van der Waals surface area contributed by atoms with Crippen LogP contribution in [-0.2, 0) is 0 Å². The van der Waals surface area contributed by atoms with Crippen LogP contribution in [0.3, 0.4) is 0 Å². The van der Waals surface area contributed by atoms with Gasteiger partial charge in [-0.25, -0.2) is 0 Å². The summed E-state index contributed by atoms with van der Waals surface area (Å²) in [6.07, 6.45) is 0. The Hall–Kier alpha value is -1.03. The van der Waals surface area contributed by atoms with Gasteiger partial charge in [0.2, 0.25) is 0 Å². The molecular weight excluding hydrogens is 164 g/mol. The Labute approximate surface area is 69.5 Å². The summed E-state index contributed by atoms with van der Waals surface area (Å²) in [5, 5.41) is 10.6. The first kappa shape index (κ1) is 8.08. The van der Waals surface area contributed by atoms with Gasteiger partial charge in [0, 0.05) is 11.1 Å². The molecule has 0 heterocycles. The third-order valence-electron chi connectivity index (χ3n) is 1.19. The van der Waals surface area contributed by atoms with E-state index in [9.17, 15) is 10.1 Å². The van der Waals surface area contributed by atoms with E-state index >= 15 is 0 Å². The van der Waals surface area contributed by atoms with Crippen LogP contribution < -0.4 is 5.46 Å². The minimum atomic E-state index is -0.550. The molecule has 1 rings (SSSR count). The van der Waals surface area contributed by atoms with Gasteiger partial charge < -0.3 is 0 Å². The maximum absolute atomic E-state index is 10.2. The van der Waals surface area contributed by atoms with Crippen LogP contribution in [0.1, 0.15) is 0 Å². The van der Waals surface area contributed by atoms with Crippen LogP contribution >= 0.6 is 11.6 Å². The monoisotopic (exact) mass is 167 g/mol. The highest BCUT2D eigenvalue weighted by Crippen LogP contribution is 2.11. The smallest absolute Gasteiger partial charge is 0.258 e. The molecule has 0 N–H and O–H groups in total. The van der Waals surface area contributed by atoms with E-state index in [2.05, 4.69) is 0 Å². The van der Waals surface area contributed by atoms with Gasteiger partial charge in [-0.15, -0.1) is 0 Å². The average molecular weight is 167 g/mol. The van der Waals surface area contributed by atoms with E-state index in [1.54, 1.807) is 0 Å². The van der Waals surface area contributed by atoms with Crippen molar-refractivity contribution in [1.29, 1.82) is 0 Å². The van der Waals surface area contributed by atoms with E-state index in [1.807, 2.05) is 0 Å². The zero-order chi connectivity index (χ0) is 8.43. The van der Waals surface area contributed by atoms with Crippen molar-refractivity contribution in [2.45, 2.75) is 0 Å². The molecule has 11 heavy (non-hydrogen) atoms. The second-order valence-electron chi connectivity index (χ2n) is 1.96. The maximum atomic E-state index is 10.2. The molecule has 0 amide bonds. The highest BCUT2D eigenvalue weighted by molar-refractivity contribution is 6.38. The molecule has 0 aliphatic heterocycles. The number of halogens is 1. The van der Waals surface area contributed by atoms with Crippen molar-refractivity contribution in [3.05, 3.63) is 33.3 Å². The fourth-order valence-corrected chi connectivity index (χ4v) is 0.872. The SMILES string of the molecule is [B]c1cc(Cl)ccc1[N+](=O)[O-]. The van der Waals surface area contributed by atoms with Crippen LogP contribution in [0.4, 0.5) is 5.69 Å². The molecule has 0 bridgehead atoms. The van der Waals surface area contributed by atoms with Gasteiger partial charge in [-0.05, 0) is 17.6 Å². The highest BCUT2D eigenvalue weighted by atomic mass is 35.5. The number of hydrogen-bond donors (Lipinski definition) is 0. The first-order chi connectivity index (χ1) is 5.11. The molecule has 0 atom stereocenters. The maximum Gasteiger partial charge on any atom is 0.262 e. The zero-order valence-corrected chi connectivity index (χ0v) is 6.21. The van der Waals surface area contributed by atoms with Gasteiger partial charge in [-0.1, -0.05) is 11.6 Å². The number of rotatable bonds is 1. The lowest BCUT2D eigenvalue weighted by atomic mass is 9.94. The predicted molar refractivity (Wildman–Crippen MR) is 43.5 cm³/mol. The Balaban J connectivity index is 3.20. The number of nitro groups is 1. The normalized spacial score (nSPS) is 9.55. The lowest BCUT2D eigenvalue weighted by molar-refractivity contribution is -0.383. The Morgan fingerprint density at radius 3 is 2.64 bits per heavy atom. The van der Waals surface area contributed by atoms with E-state index in [4.69, 9.17) is 19.4 Å². The lowest BCUT2D eigenvalue weighted by Crippen LogP contribution is -2.08. The van der Waals surface area contributed by atoms with Crippen molar-refractivity contribution < 1.29 is 4.92 Å². The van der Waals surface area contributed by atoms with E-state index < -0.39 is 4.92 Å². The molecule has 54 valence electrons.